The SMILES string of the molecule is O=C(CCCN1C(=O)COc2ccc(C(=O)COc3cccc(Cl)c3)cc21)NCc1ccccc1. The Morgan fingerprint density at radius 3 is 2.66 bits per heavy atom. The Labute approximate surface area is 208 Å². The number of ketones is 1. The van der Waals surface area contributed by atoms with Crippen molar-refractivity contribution >= 4 is 34.9 Å². The molecular formula is C27H25ClN2O5. The number of carbonyl (C=O) groups excluding carboxylic acids is 3. The van der Waals surface area contributed by atoms with Gasteiger partial charge in [0.15, 0.2) is 19.0 Å². The average Bonchev–Trinajstić information content (AvgIpc) is 2.87. The zero-order chi connectivity index (χ0) is 24.6. The Morgan fingerprint density at radius 1 is 1.03 bits per heavy atom. The van der Waals surface area contributed by atoms with Gasteiger partial charge in [-0.25, -0.2) is 0 Å². The van der Waals surface area contributed by atoms with Gasteiger partial charge in [0.2, 0.25) is 5.91 Å². The van der Waals surface area contributed by atoms with E-state index in [4.69, 9.17) is 21.1 Å². The van der Waals surface area contributed by atoms with Crippen LogP contribution < -0.4 is 19.7 Å². The van der Waals surface area contributed by atoms with Crippen LogP contribution in [0, 0.1) is 0 Å². The standard InChI is InChI=1S/C27H25ClN2O5/c28-21-8-4-9-22(15-21)34-17-24(31)20-11-12-25-23(14-20)30(27(33)18-35-25)13-5-10-26(32)29-16-19-6-2-1-3-7-19/h1-4,6-9,11-12,14-15H,5,10,13,16-18H2,(H,29,32). The summed E-state index contributed by atoms with van der Waals surface area (Å²) in [6, 6.07) is 21.4. The third-order valence-corrected chi connectivity index (χ3v) is 5.74. The fourth-order valence-electron chi connectivity index (χ4n) is 3.69. The fraction of sp³-hybridized carbons (Fsp3) is 0.222. The third-order valence-electron chi connectivity index (χ3n) is 5.51. The minimum absolute atomic E-state index is 0.0849. The molecule has 1 heterocycles. The molecule has 1 N–H and O–H groups in total. The van der Waals surface area contributed by atoms with Crippen LogP contribution in [0.1, 0.15) is 28.8 Å². The molecule has 8 heteroatoms. The summed E-state index contributed by atoms with van der Waals surface area (Å²) in [5, 5.41) is 3.41. The fourth-order valence-corrected chi connectivity index (χ4v) is 3.87. The topological polar surface area (TPSA) is 84.9 Å². The number of amides is 2. The molecular weight excluding hydrogens is 468 g/mol. The van der Waals surface area contributed by atoms with Crippen LogP contribution in [0.2, 0.25) is 5.02 Å². The van der Waals surface area contributed by atoms with Crippen molar-refractivity contribution in [2.75, 3.05) is 24.7 Å². The van der Waals surface area contributed by atoms with Crippen LogP contribution in [-0.4, -0.2) is 37.4 Å². The number of hydrogen-bond donors (Lipinski definition) is 1. The maximum Gasteiger partial charge on any atom is 0.265 e. The van der Waals surface area contributed by atoms with E-state index in [-0.39, 0.29) is 37.2 Å². The quantitative estimate of drug-likeness (QED) is 0.423. The molecule has 3 aromatic carbocycles. The highest BCUT2D eigenvalue weighted by atomic mass is 35.5. The summed E-state index contributed by atoms with van der Waals surface area (Å²) >= 11 is 5.95. The molecule has 0 saturated carbocycles. The molecule has 0 aliphatic carbocycles. The summed E-state index contributed by atoms with van der Waals surface area (Å²) in [4.78, 5) is 39.1. The number of hydrogen-bond acceptors (Lipinski definition) is 5. The normalized spacial score (nSPS) is 12.5. The number of Topliss-reactive ketones (excluding diaryl/α,β-unsaturated/α-hetero) is 1. The molecule has 0 atom stereocenters. The Bertz CT molecular complexity index is 1220. The van der Waals surface area contributed by atoms with Crippen LogP contribution in [0.3, 0.4) is 0 Å². The number of fused-ring (bicyclic) bond motifs is 1. The number of anilines is 1. The van der Waals surface area contributed by atoms with E-state index in [1.807, 2.05) is 30.3 Å². The predicted molar refractivity (Wildman–Crippen MR) is 133 cm³/mol. The van der Waals surface area contributed by atoms with Gasteiger partial charge in [0.1, 0.15) is 11.5 Å². The zero-order valence-corrected chi connectivity index (χ0v) is 19.8. The van der Waals surface area contributed by atoms with Gasteiger partial charge in [0, 0.05) is 30.1 Å². The molecule has 0 unspecified atom stereocenters. The van der Waals surface area contributed by atoms with Crippen LogP contribution in [-0.2, 0) is 16.1 Å². The summed E-state index contributed by atoms with van der Waals surface area (Å²) in [5.41, 5.74) is 1.93. The van der Waals surface area contributed by atoms with Gasteiger partial charge in [-0.15, -0.1) is 0 Å². The van der Waals surface area contributed by atoms with Crippen LogP contribution in [0.5, 0.6) is 11.5 Å². The second kappa shape index (κ2) is 11.5. The first kappa shape index (κ1) is 24.3. The van der Waals surface area contributed by atoms with Gasteiger partial charge in [0.05, 0.1) is 5.69 Å². The van der Waals surface area contributed by atoms with Gasteiger partial charge < -0.3 is 19.7 Å². The molecule has 0 aromatic heterocycles. The molecule has 0 radical (unpaired) electrons. The van der Waals surface area contributed by atoms with Gasteiger partial charge in [-0.2, -0.15) is 0 Å². The molecule has 2 amide bonds. The van der Waals surface area contributed by atoms with Crippen molar-refractivity contribution in [3.63, 3.8) is 0 Å². The van der Waals surface area contributed by atoms with Crippen molar-refractivity contribution in [3.05, 3.63) is 88.9 Å². The van der Waals surface area contributed by atoms with E-state index in [0.29, 0.717) is 47.3 Å². The number of benzene rings is 3. The van der Waals surface area contributed by atoms with Crippen LogP contribution in [0.25, 0.3) is 0 Å². The summed E-state index contributed by atoms with van der Waals surface area (Å²) in [6.07, 6.45) is 0.751. The second-order valence-corrected chi connectivity index (χ2v) is 8.49. The molecule has 180 valence electrons. The van der Waals surface area contributed by atoms with Crippen molar-refractivity contribution < 1.29 is 23.9 Å². The van der Waals surface area contributed by atoms with Crippen molar-refractivity contribution in [2.45, 2.75) is 19.4 Å². The molecule has 1 aliphatic rings. The van der Waals surface area contributed by atoms with Crippen molar-refractivity contribution in [3.8, 4) is 11.5 Å². The maximum absolute atomic E-state index is 12.7. The maximum atomic E-state index is 12.7. The molecule has 4 rings (SSSR count). The van der Waals surface area contributed by atoms with E-state index in [0.717, 1.165) is 5.56 Å². The van der Waals surface area contributed by atoms with E-state index in [1.165, 1.54) is 0 Å². The van der Waals surface area contributed by atoms with Crippen LogP contribution in [0.4, 0.5) is 5.69 Å². The zero-order valence-electron chi connectivity index (χ0n) is 19.0. The van der Waals surface area contributed by atoms with E-state index in [2.05, 4.69) is 5.32 Å². The first-order chi connectivity index (χ1) is 17.0. The minimum Gasteiger partial charge on any atom is -0.485 e. The lowest BCUT2D eigenvalue weighted by molar-refractivity contribution is -0.123. The Kier molecular flexibility index (Phi) is 8.00. The molecule has 0 spiro atoms. The first-order valence-corrected chi connectivity index (χ1v) is 11.7. The molecule has 1 aliphatic heterocycles. The lowest BCUT2D eigenvalue weighted by Crippen LogP contribution is -2.40. The smallest absolute Gasteiger partial charge is 0.265 e. The highest BCUT2D eigenvalue weighted by Crippen LogP contribution is 2.33. The van der Waals surface area contributed by atoms with Crippen molar-refractivity contribution in [1.29, 1.82) is 0 Å². The minimum atomic E-state index is -0.244. The summed E-state index contributed by atoms with van der Waals surface area (Å²) in [6.45, 7) is 0.542. The Hall–Kier alpha value is -3.84. The van der Waals surface area contributed by atoms with Crippen LogP contribution in [0.15, 0.2) is 72.8 Å². The van der Waals surface area contributed by atoms with Crippen molar-refractivity contribution in [1.82, 2.24) is 5.32 Å². The summed E-state index contributed by atoms with van der Waals surface area (Å²) in [5.74, 6) is 0.463. The second-order valence-electron chi connectivity index (χ2n) is 8.05. The van der Waals surface area contributed by atoms with Gasteiger partial charge in [-0.1, -0.05) is 48.0 Å². The average molecular weight is 493 g/mol. The molecule has 7 nitrogen and oxygen atoms in total. The predicted octanol–water partition coefficient (Wildman–Crippen LogP) is 4.42. The van der Waals surface area contributed by atoms with Gasteiger partial charge in [-0.05, 0) is 48.4 Å². The Balaban J connectivity index is 1.34. The molecule has 0 fully saturated rings. The monoisotopic (exact) mass is 492 g/mol. The third kappa shape index (κ3) is 6.61. The molecule has 35 heavy (non-hydrogen) atoms. The number of carbonyl (C=O) groups is 3. The number of rotatable bonds is 10. The van der Waals surface area contributed by atoms with Crippen LogP contribution >= 0.6 is 11.6 Å². The number of nitrogens with one attached hydrogen (secondary N) is 1. The van der Waals surface area contributed by atoms with Gasteiger partial charge >= 0.3 is 0 Å². The largest absolute Gasteiger partial charge is 0.485 e. The first-order valence-electron chi connectivity index (χ1n) is 11.3. The van der Waals surface area contributed by atoms with E-state index in [9.17, 15) is 14.4 Å². The summed E-state index contributed by atoms with van der Waals surface area (Å²) in [7, 11) is 0. The van der Waals surface area contributed by atoms with Crippen molar-refractivity contribution in [2.24, 2.45) is 0 Å². The van der Waals surface area contributed by atoms with Gasteiger partial charge in [-0.3, -0.25) is 14.4 Å². The molecule has 0 bridgehead atoms. The summed E-state index contributed by atoms with van der Waals surface area (Å²) < 4.78 is 11.1. The highest BCUT2D eigenvalue weighted by molar-refractivity contribution is 6.30. The van der Waals surface area contributed by atoms with E-state index < -0.39 is 0 Å². The Morgan fingerprint density at radius 2 is 1.86 bits per heavy atom. The van der Waals surface area contributed by atoms with Gasteiger partial charge in [0.25, 0.3) is 5.91 Å². The lowest BCUT2D eigenvalue weighted by atomic mass is 10.1. The number of ether oxygens (including phenoxy) is 2. The number of nitrogens with zero attached hydrogens (tertiary/aromatic N) is 1. The van der Waals surface area contributed by atoms with E-state index in [1.54, 1.807) is 47.4 Å². The highest BCUT2D eigenvalue weighted by Gasteiger charge is 2.26. The van der Waals surface area contributed by atoms with E-state index >= 15 is 0 Å². The lowest BCUT2D eigenvalue weighted by Gasteiger charge is -2.29. The molecule has 3 aromatic rings. The number of halogens is 1. The molecule has 0 saturated heterocycles.